The molecule has 0 amide bonds. The number of aryl methyl sites for hydroxylation is 2. The largest absolute Gasteiger partial charge is 0.318 e. The fourth-order valence-electron chi connectivity index (χ4n) is 1.63. The van der Waals surface area contributed by atoms with Gasteiger partial charge in [-0.05, 0) is 28.1 Å². The minimum atomic E-state index is -0.631. The van der Waals surface area contributed by atoms with E-state index in [9.17, 15) is 14.9 Å². The Labute approximate surface area is 122 Å². The molecule has 0 saturated carbocycles. The van der Waals surface area contributed by atoms with Gasteiger partial charge in [0.05, 0.1) is 21.3 Å². The Morgan fingerprint density at radius 1 is 1.50 bits per heavy atom. The van der Waals surface area contributed by atoms with E-state index in [0.717, 1.165) is 4.47 Å². The van der Waals surface area contributed by atoms with Crippen LogP contribution in [0.3, 0.4) is 0 Å². The molecule has 0 fully saturated rings. The highest BCUT2D eigenvalue weighted by Crippen LogP contribution is 2.19. The Hall–Kier alpha value is -2.29. The van der Waals surface area contributed by atoms with Crippen LogP contribution in [0.5, 0.6) is 0 Å². The average molecular weight is 340 g/mol. The van der Waals surface area contributed by atoms with Gasteiger partial charge in [0, 0.05) is 14.1 Å². The third kappa shape index (κ3) is 2.67. The van der Waals surface area contributed by atoms with Crippen molar-refractivity contribution in [2.45, 2.75) is 0 Å². The van der Waals surface area contributed by atoms with Gasteiger partial charge in [0.25, 0.3) is 0 Å². The van der Waals surface area contributed by atoms with Crippen molar-refractivity contribution in [2.24, 2.45) is 14.1 Å². The molecule has 0 aliphatic carbocycles. The van der Waals surface area contributed by atoms with E-state index in [1.807, 2.05) is 0 Å². The molecule has 104 valence electrons. The summed E-state index contributed by atoms with van der Waals surface area (Å²) in [5.74, 6) is -0.537. The molecule has 0 aliphatic rings. The van der Waals surface area contributed by atoms with Crippen LogP contribution in [0.2, 0.25) is 0 Å². The summed E-state index contributed by atoms with van der Waals surface area (Å²) < 4.78 is 3.53. The molecular weight excluding hydrogens is 330 g/mol. The Balaban J connectivity index is 2.31. The molecule has 0 radical (unpaired) electrons. The summed E-state index contributed by atoms with van der Waals surface area (Å²) in [5, 5.41) is 18.6. The first-order chi connectivity index (χ1) is 9.40. The predicted molar refractivity (Wildman–Crippen MR) is 74.1 cm³/mol. The molecule has 9 heteroatoms. The van der Waals surface area contributed by atoms with Gasteiger partial charge in [-0.3, -0.25) is 24.3 Å². The number of allylic oxidation sites excluding steroid dienone is 1. The second-order valence-electron chi connectivity index (χ2n) is 3.99. The molecule has 0 saturated heterocycles. The van der Waals surface area contributed by atoms with Gasteiger partial charge >= 0.3 is 5.69 Å². The van der Waals surface area contributed by atoms with E-state index < -0.39 is 10.7 Å². The smallest absolute Gasteiger partial charge is 0.287 e. The second kappa shape index (κ2) is 5.37. The Morgan fingerprint density at radius 3 is 2.75 bits per heavy atom. The van der Waals surface area contributed by atoms with Crippen molar-refractivity contribution >= 4 is 33.5 Å². The summed E-state index contributed by atoms with van der Waals surface area (Å²) in [6.45, 7) is 0. The maximum absolute atomic E-state index is 12.0. The lowest BCUT2D eigenvalue weighted by Gasteiger charge is -1.95. The highest BCUT2D eigenvalue weighted by atomic mass is 79.9. The monoisotopic (exact) mass is 339 g/mol. The summed E-state index contributed by atoms with van der Waals surface area (Å²) in [6, 6.07) is 0. The van der Waals surface area contributed by atoms with E-state index >= 15 is 0 Å². The standard InChI is InChI=1S/C11H10BrN5O3/c1-15-6-9(17(19)20)11(14-15)10(18)4-3-8-7(12)5-13-16(8)2/h3-6H,1-2H3/b4-3+. The number of hydrogen-bond acceptors (Lipinski definition) is 5. The van der Waals surface area contributed by atoms with Crippen LogP contribution in [-0.4, -0.2) is 30.3 Å². The number of ketones is 1. The Kier molecular flexibility index (Phi) is 3.79. The lowest BCUT2D eigenvalue weighted by atomic mass is 10.2. The normalized spacial score (nSPS) is 11.2. The van der Waals surface area contributed by atoms with E-state index in [-0.39, 0.29) is 11.4 Å². The lowest BCUT2D eigenvalue weighted by Crippen LogP contribution is -2.01. The zero-order chi connectivity index (χ0) is 14.9. The maximum Gasteiger partial charge on any atom is 0.318 e. The molecule has 20 heavy (non-hydrogen) atoms. The zero-order valence-electron chi connectivity index (χ0n) is 10.6. The third-order valence-corrected chi connectivity index (χ3v) is 3.18. The maximum atomic E-state index is 12.0. The van der Waals surface area contributed by atoms with Crippen molar-refractivity contribution in [3.8, 4) is 0 Å². The van der Waals surface area contributed by atoms with Crippen LogP contribution >= 0.6 is 15.9 Å². The predicted octanol–water partition coefficient (Wildman–Crippen LogP) is 1.72. The van der Waals surface area contributed by atoms with Crippen molar-refractivity contribution < 1.29 is 9.72 Å². The van der Waals surface area contributed by atoms with E-state index in [1.165, 1.54) is 30.1 Å². The molecule has 0 spiro atoms. The van der Waals surface area contributed by atoms with E-state index in [1.54, 1.807) is 17.9 Å². The van der Waals surface area contributed by atoms with E-state index in [4.69, 9.17) is 0 Å². The molecule has 2 aromatic rings. The van der Waals surface area contributed by atoms with Crippen LogP contribution in [0.1, 0.15) is 16.2 Å². The van der Waals surface area contributed by atoms with Gasteiger partial charge in [0.15, 0.2) is 0 Å². The van der Waals surface area contributed by atoms with Crippen LogP contribution in [0, 0.1) is 10.1 Å². The number of carbonyl (C=O) groups is 1. The summed E-state index contributed by atoms with van der Waals surface area (Å²) in [4.78, 5) is 22.2. The molecule has 0 atom stereocenters. The fraction of sp³-hybridized carbons (Fsp3) is 0.182. The van der Waals surface area contributed by atoms with Crippen molar-refractivity contribution in [3.63, 3.8) is 0 Å². The number of nitro groups is 1. The van der Waals surface area contributed by atoms with Crippen molar-refractivity contribution in [3.05, 3.63) is 44.4 Å². The molecule has 0 aliphatic heterocycles. The molecule has 0 bridgehead atoms. The molecule has 2 rings (SSSR count). The fourth-order valence-corrected chi connectivity index (χ4v) is 2.11. The second-order valence-corrected chi connectivity index (χ2v) is 4.85. The van der Waals surface area contributed by atoms with E-state index in [2.05, 4.69) is 26.1 Å². The summed E-state index contributed by atoms with van der Waals surface area (Å²) in [6.07, 6.45) is 5.54. The van der Waals surface area contributed by atoms with Crippen molar-refractivity contribution in [1.29, 1.82) is 0 Å². The summed E-state index contributed by atoms with van der Waals surface area (Å²) in [5.41, 5.74) is 0.176. The van der Waals surface area contributed by atoms with Gasteiger partial charge in [0.2, 0.25) is 11.5 Å². The van der Waals surface area contributed by atoms with E-state index in [0.29, 0.717) is 5.69 Å². The molecule has 0 aromatic carbocycles. The van der Waals surface area contributed by atoms with Gasteiger partial charge in [-0.25, -0.2) is 0 Å². The lowest BCUT2D eigenvalue weighted by molar-refractivity contribution is -0.385. The molecule has 0 unspecified atom stereocenters. The van der Waals surface area contributed by atoms with Crippen LogP contribution in [0.25, 0.3) is 6.08 Å². The number of aromatic nitrogens is 4. The highest BCUT2D eigenvalue weighted by molar-refractivity contribution is 9.10. The molecule has 8 nitrogen and oxygen atoms in total. The highest BCUT2D eigenvalue weighted by Gasteiger charge is 2.23. The first-order valence-electron chi connectivity index (χ1n) is 5.48. The Morgan fingerprint density at radius 2 is 2.20 bits per heavy atom. The van der Waals surface area contributed by atoms with Gasteiger partial charge in [-0.15, -0.1) is 0 Å². The summed E-state index contributed by atoms with van der Waals surface area (Å²) >= 11 is 3.29. The first-order valence-corrected chi connectivity index (χ1v) is 6.27. The van der Waals surface area contributed by atoms with Gasteiger partial charge in [-0.1, -0.05) is 0 Å². The zero-order valence-corrected chi connectivity index (χ0v) is 12.2. The minimum absolute atomic E-state index is 0.188. The average Bonchev–Trinajstić information content (AvgIpc) is 2.91. The number of halogens is 1. The van der Waals surface area contributed by atoms with Gasteiger partial charge in [0.1, 0.15) is 6.20 Å². The number of carbonyl (C=O) groups excluding carboxylic acids is 1. The number of rotatable bonds is 4. The Bertz CT molecular complexity index is 696. The quantitative estimate of drug-likeness (QED) is 0.365. The van der Waals surface area contributed by atoms with Crippen molar-refractivity contribution in [1.82, 2.24) is 19.6 Å². The van der Waals surface area contributed by atoms with Gasteiger partial charge in [-0.2, -0.15) is 10.2 Å². The molecule has 2 aromatic heterocycles. The van der Waals surface area contributed by atoms with Crippen LogP contribution in [0.15, 0.2) is 22.9 Å². The van der Waals surface area contributed by atoms with Crippen LogP contribution in [0.4, 0.5) is 5.69 Å². The summed E-state index contributed by atoms with van der Waals surface area (Å²) in [7, 11) is 3.24. The first kappa shape index (κ1) is 14.1. The SMILES string of the molecule is Cn1cc([N+](=O)[O-])c(C(=O)/C=C/c2c(Br)cnn2C)n1. The minimum Gasteiger partial charge on any atom is -0.287 e. The van der Waals surface area contributed by atoms with Crippen LogP contribution < -0.4 is 0 Å². The number of hydrogen-bond donors (Lipinski definition) is 0. The number of nitrogens with zero attached hydrogens (tertiary/aromatic N) is 5. The molecular formula is C11H10BrN5O3. The van der Waals surface area contributed by atoms with Gasteiger partial charge < -0.3 is 0 Å². The van der Waals surface area contributed by atoms with Crippen LogP contribution in [-0.2, 0) is 14.1 Å². The topological polar surface area (TPSA) is 95.8 Å². The molecule has 0 N–H and O–H groups in total. The third-order valence-electron chi connectivity index (χ3n) is 2.57. The van der Waals surface area contributed by atoms with Crippen molar-refractivity contribution in [2.75, 3.05) is 0 Å². The molecule has 2 heterocycles.